The third-order valence-corrected chi connectivity index (χ3v) is 15.9. The smallest absolute Gasteiger partial charge is 0.0467 e. The van der Waals surface area contributed by atoms with Crippen molar-refractivity contribution in [1.82, 2.24) is 0 Å². The van der Waals surface area contributed by atoms with E-state index in [2.05, 4.69) is 229 Å². The van der Waals surface area contributed by atoms with Gasteiger partial charge in [0.25, 0.3) is 0 Å². The zero-order valence-corrected chi connectivity index (χ0v) is 36.7. The van der Waals surface area contributed by atoms with Crippen LogP contribution in [0, 0.1) is 23.7 Å². The molecule has 5 aliphatic carbocycles. The Morgan fingerprint density at radius 2 is 0.692 bits per heavy atom. The molecule has 0 aromatic heterocycles. The minimum atomic E-state index is 0.195. The van der Waals surface area contributed by atoms with Gasteiger partial charge in [-0.3, -0.25) is 0 Å². The highest BCUT2D eigenvalue weighted by molar-refractivity contribution is 5.93. The summed E-state index contributed by atoms with van der Waals surface area (Å²) in [5, 5.41) is 0. The molecule has 1 nitrogen and oxygen atoms in total. The van der Waals surface area contributed by atoms with Gasteiger partial charge in [0, 0.05) is 22.5 Å². The van der Waals surface area contributed by atoms with Crippen LogP contribution in [0.3, 0.4) is 0 Å². The van der Waals surface area contributed by atoms with Crippen LogP contribution in [-0.2, 0) is 5.41 Å². The average molecular weight is 834 g/mol. The van der Waals surface area contributed by atoms with Crippen molar-refractivity contribution in [3.63, 3.8) is 0 Å². The maximum atomic E-state index is 2.51. The second-order valence-corrected chi connectivity index (χ2v) is 19.3. The Bertz CT molecular complexity index is 3140. The van der Waals surface area contributed by atoms with Gasteiger partial charge in [0.1, 0.15) is 0 Å². The summed E-state index contributed by atoms with van der Waals surface area (Å²) >= 11 is 0. The number of nitrogens with zero attached hydrogens (tertiary/aromatic N) is 1. The van der Waals surface area contributed by atoms with Gasteiger partial charge in [0.2, 0.25) is 0 Å². The van der Waals surface area contributed by atoms with Gasteiger partial charge in [-0.15, -0.1) is 0 Å². The predicted octanol–water partition coefficient (Wildman–Crippen LogP) is 17.2. The zero-order chi connectivity index (χ0) is 42.9. The third kappa shape index (κ3) is 6.35. The molecule has 1 spiro atoms. The van der Waals surface area contributed by atoms with Crippen molar-refractivity contribution in [2.75, 3.05) is 4.90 Å². The Morgan fingerprint density at radius 3 is 1.25 bits per heavy atom. The van der Waals surface area contributed by atoms with E-state index in [-0.39, 0.29) is 5.41 Å². The van der Waals surface area contributed by atoms with Gasteiger partial charge in [0.05, 0.1) is 0 Å². The minimum absolute atomic E-state index is 0.195. The van der Waals surface area contributed by atoms with Gasteiger partial charge in [0.15, 0.2) is 0 Å². The number of hydrogen-bond donors (Lipinski definition) is 0. The zero-order valence-electron chi connectivity index (χ0n) is 36.7. The van der Waals surface area contributed by atoms with Crippen LogP contribution in [0.25, 0.3) is 66.8 Å². The first-order valence-electron chi connectivity index (χ1n) is 23.8. The van der Waals surface area contributed by atoms with Crippen molar-refractivity contribution in [2.24, 2.45) is 23.7 Å². The molecule has 65 heavy (non-hydrogen) atoms. The number of rotatable bonds is 8. The van der Waals surface area contributed by atoms with Crippen molar-refractivity contribution < 1.29 is 0 Å². The summed E-state index contributed by atoms with van der Waals surface area (Å²) in [4.78, 5) is 2.36. The Kier molecular flexibility index (Phi) is 9.12. The lowest BCUT2D eigenvalue weighted by atomic mass is 9.43. The van der Waals surface area contributed by atoms with Crippen LogP contribution < -0.4 is 4.90 Å². The number of hydrogen-bond acceptors (Lipinski definition) is 1. The predicted molar refractivity (Wildman–Crippen MR) is 272 cm³/mol. The molecule has 9 aromatic rings. The summed E-state index contributed by atoms with van der Waals surface area (Å²) in [6.45, 7) is 0. The normalized spacial score (nSPS) is 21.0. The molecular weight excluding hydrogens is 783 g/mol. The molecule has 9 aromatic carbocycles. The van der Waals surface area contributed by atoms with E-state index in [1.165, 1.54) is 98.9 Å². The van der Waals surface area contributed by atoms with Crippen LogP contribution in [-0.4, -0.2) is 0 Å². The lowest BCUT2D eigenvalue weighted by Gasteiger charge is -2.61. The van der Waals surface area contributed by atoms with E-state index in [1.54, 1.807) is 11.1 Å². The molecule has 312 valence electrons. The second kappa shape index (κ2) is 15.5. The molecule has 4 bridgehead atoms. The summed E-state index contributed by atoms with van der Waals surface area (Å²) < 4.78 is 0. The highest BCUT2D eigenvalue weighted by atomic mass is 15.1. The summed E-state index contributed by atoms with van der Waals surface area (Å²) in [5.74, 6) is 3.46. The van der Waals surface area contributed by atoms with E-state index >= 15 is 0 Å². The summed E-state index contributed by atoms with van der Waals surface area (Å²) in [6.07, 6.45) is 7.14. The van der Waals surface area contributed by atoms with Crippen molar-refractivity contribution in [3.05, 3.63) is 236 Å². The van der Waals surface area contributed by atoms with Gasteiger partial charge in [-0.2, -0.15) is 0 Å². The van der Waals surface area contributed by atoms with Crippen LogP contribution in [0.4, 0.5) is 17.1 Å². The standard InChI is InChI=1S/C64H51N/c1-3-11-45(12-4-1)50-29-33-56(34-30-50)65(58-16-9-15-53(42-58)46-13-5-2-6-14-46)57-35-31-51(32-36-57)48-23-21-47(22-24-48)49-25-27-52(28-26-49)59-18-10-20-62-63(59)60-17-7-8-19-61(60)64(62)54-38-43-37-44(40-54)41-55(64)39-43/h1-36,42-44,54-55H,37-41H2. The molecule has 5 aliphatic rings. The van der Waals surface area contributed by atoms with E-state index in [4.69, 9.17) is 0 Å². The molecule has 4 fully saturated rings. The van der Waals surface area contributed by atoms with E-state index in [1.807, 2.05) is 0 Å². The molecule has 0 aliphatic heterocycles. The van der Waals surface area contributed by atoms with Crippen LogP contribution in [0.1, 0.15) is 43.2 Å². The summed E-state index contributed by atoms with van der Waals surface area (Å²) in [5.41, 5.74) is 22.2. The first-order valence-corrected chi connectivity index (χ1v) is 23.8. The Hall–Kier alpha value is -7.22. The fourth-order valence-electron chi connectivity index (χ4n) is 13.3. The van der Waals surface area contributed by atoms with Crippen molar-refractivity contribution >= 4 is 17.1 Å². The lowest BCUT2D eigenvalue weighted by molar-refractivity contribution is -0.0399. The minimum Gasteiger partial charge on any atom is -0.310 e. The Labute approximate surface area is 383 Å². The highest BCUT2D eigenvalue weighted by Gasteiger charge is 2.61. The molecule has 0 saturated heterocycles. The third-order valence-electron chi connectivity index (χ3n) is 15.9. The van der Waals surface area contributed by atoms with Gasteiger partial charge in [-0.05, 0) is 170 Å². The summed E-state index contributed by atoms with van der Waals surface area (Å²) in [7, 11) is 0. The van der Waals surface area contributed by atoms with Crippen LogP contribution in [0.2, 0.25) is 0 Å². The molecule has 0 N–H and O–H groups in total. The lowest BCUT2D eigenvalue weighted by Crippen LogP contribution is -2.55. The molecule has 0 radical (unpaired) electrons. The Morgan fingerprint density at radius 1 is 0.292 bits per heavy atom. The van der Waals surface area contributed by atoms with Gasteiger partial charge < -0.3 is 4.90 Å². The topological polar surface area (TPSA) is 3.24 Å². The van der Waals surface area contributed by atoms with Crippen LogP contribution >= 0.6 is 0 Å². The van der Waals surface area contributed by atoms with Crippen molar-refractivity contribution in [3.8, 4) is 66.8 Å². The van der Waals surface area contributed by atoms with Gasteiger partial charge in [-0.25, -0.2) is 0 Å². The quantitative estimate of drug-likeness (QED) is 0.147. The first kappa shape index (κ1) is 38.3. The molecule has 0 atom stereocenters. The largest absolute Gasteiger partial charge is 0.310 e. The molecule has 0 unspecified atom stereocenters. The van der Waals surface area contributed by atoms with E-state index in [0.29, 0.717) is 0 Å². The molecule has 0 amide bonds. The number of anilines is 3. The molecule has 0 heterocycles. The second-order valence-electron chi connectivity index (χ2n) is 19.3. The first-order chi connectivity index (χ1) is 32.2. The molecule has 1 heteroatoms. The van der Waals surface area contributed by atoms with Crippen LogP contribution in [0.5, 0.6) is 0 Å². The fraction of sp³-hybridized carbons (Fsp3) is 0.156. The molecular formula is C64H51N. The summed E-state index contributed by atoms with van der Waals surface area (Å²) in [6, 6.07) is 83.3. The SMILES string of the molecule is c1ccc(-c2ccc(N(c3ccc(-c4ccc(-c5ccc(-c6cccc7c6-c6ccccc6C76C7CC8CC(C7)CC6C8)cc5)cc4)cc3)c3cccc(-c4ccccc4)c3)cc2)cc1. The number of benzene rings is 9. The van der Waals surface area contributed by atoms with Crippen LogP contribution in [0.15, 0.2) is 224 Å². The van der Waals surface area contributed by atoms with E-state index in [9.17, 15) is 0 Å². The van der Waals surface area contributed by atoms with Crippen molar-refractivity contribution in [2.45, 2.75) is 37.5 Å². The Balaban J connectivity index is 0.784. The van der Waals surface area contributed by atoms with Crippen molar-refractivity contribution in [1.29, 1.82) is 0 Å². The number of fused-ring (bicyclic) bond motifs is 3. The molecule has 4 saturated carbocycles. The van der Waals surface area contributed by atoms with Gasteiger partial charge >= 0.3 is 0 Å². The molecule has 14 rings (SSSR count). The van der Waals surface area contributed by atoms with E-state index < -0.39 is 0 Å². The highest BCUT2D eigenvalue weighted by Crippen LogP contribution is 2.70. The maximum Gasteiger partial charge on any atom is 0.0467 e. The van der Waals surface area contributed by atoms with E-state index in [0.717, 1.165) is 40.7 Å². The fourth-order valence-corrected chi connectivity index (χ4v) is 13.3. The van der Waals surface area contributed by atoms with Gasteiger partial charge in [-0.1, -0.05) is 188 Å². The monoisotopic (exact) mass is 833 g/mol. The maximum absolute atomic E-state index is 2.51. The average Bonchev–Trinajstić information content (AvgIpc) is 3.67.